The highest BCUT2D eigenvalue weighted by Crippen LogP contribution is 2.26. The number of ether oxygens (including phenoxy) is 1. The van der Waals surface area contributed by atoms with Crippen LogP contribution < -0.4 is 4.74 Å². The van der Waals surface area contributed by atoms with Crippen LogP contribution in [0.25, 0.3) is 6.08 Å². The number of allylic oxidation sites excluding steroid dienone is 1. The summed E-state index contributed by atoms with van der Waals surface area (Å²) in [7, 11) is 1.50. The molecule has 1 aromatic rings. The van der Waals surface area contributed by atoms with Crippen LogP contribution in [-0.2, 0) is 4.79 Å². The van der Waals surface area contributed by atoms with Gasteiger partial charge in [-0.3, -0.25) is 4.79 Å². The van der Waals surface area contributed by atoms with E-state index >= 15 is 0 Å². The van der Waals surface area contributed by atoms with E-state index in [4.69, 9.17) is 4.74 Å². The fourth-order valence-corrected chi connectivity index (χ4v) is 1.88. The van der Waals surface area contributed by atoms with Crippen molar-refractivity contribution < 1.29 is 14.6 Å². The Morgan fingerprint density at radius 2 is 2.05 bits per heavy atom. The third kappa shape index (κ3) is 5.05. The van der Waals surface area contributed by atoms with Crippen LogP contribution in [0, 0.1) is 0 Å². The number of nitrogens with zero attached hydrogens (tertiary/aromatic N) is 1. The smallest absolute Gasteiger partial charge is 0.161 e. The first-order valence-corrected chi connectivity index (χ1v) is 6.91. The lowest BCUT2D eigenvalue weighted by atomic mass is 10.1. The van der Waals surface area contributed by atoms with Crippen molar-refractivity contribution >= 4 is 11.9 Å². The molecule has 0 unspecified atom stereocenters. The van der Waals surface area contributed by atoms with E-state index in [1.165, 1.54) is 7.11 Å². The number of hydrogen-bond donors (Lipinski definition) is 1. The predicted octanol–water partition coefficient (Wildman–Crippen LogP) is 2.72. The number of phenols is 1. The molecule has 0 bridgehead atoms. The molecule has 1 N–H and O–H groups in total. The Labute approximate surface area is 120 Å². The van der Waals surface area contributed by atoms with Gasteiger partial charge in [-0.15, -0.1) is 0 Å². The number of rotatable bonds is 8. The molecule has 0 aliphatic carbocycles. The minimum atomic E-state index is 0.0949. The highest BCUT2D eigenvalue weighted by atomic mass is 16.5. The van der Waals surface area contributed by atoms with Crippen molar-refractivity contribution in [1.29, 1.82) is 0 Å². The van der Waals surface area contributed by atoms with E-state index in [1.807, 2.05) is 0 Å². The van der Waals surface area contributed by atoms with Gasteiger partial charge in [0.1, 0.15) is 0 Å². The number of ketones is 1. The first-order chi connectivity index (χ1) is 9.60. The molecule has 4 nitrogen and oxygen atoms in total. The molecule has 0 aliphatic rings. The van der Waals surface area contributed by atoms with E-state index in [0.717, 1.165) is 25.2 Å². The second kappa shape index (κ2) is 8.38. The number of aromatic hydroxyl groups is 1. The maximum Gasteiger partial charge on any atom is 0.161 e. The summed E-state index contributed by atoms with van der Waals surface area (Å²) >= 11 is 0. The molecule has 0 aliphatic heterocycles. The maximum absolute atomic E-state index is 11.8. The quantitative estimate of drug-likeness (QED) is 0.742. The van der Waals surface area contributed by atoms with E-state index < -0.39 is 0 Å². The van der Waals surface area contributed by atoms with Gasteiger partial charge in [-0.25, -0.2) is 0 Å². The summed E-state index contributed by atoms with van der Waals surface area (Å²) in [6.07, 6.45) is 3.84. The third-order valence-electron chi connectivity index (χ3n) is 3.23. The van der Waals surface area contributed by atoms with Gasteiger partial charge < -0.3 is 14.7 Å². The fraction of sp³-hybridized carbons (Fsp3) is 0.438. The summed E-state index contributed by atoms with van der Waals surface area (Å²) < 4.78 is 5.03. The second-order valence-electron chi connectivity index (χ2n) is 4.51. The SMILES string of the molecule is CCN(CC)CCC(=O)/C=C/c1ccc(O)c(OC)c1. The van der Waals surface area contributed by atoms with Gasteiger partial charge in [0, 0.05) is 13.0 Å². The highest BCUT2D eigenvalue weighted by Gasteiger charge is 2.03. The number of phenolic OH excluding ortho intramolecular Hbond substituents is 1. The van der Waals surface area contributed by atoms with Gasteiger partial charge in [-0.05, 0) is 36.9 Å². The average molecular weight is 277 g/mol. The number of methoxy groups -OCH3 is 1. The second-order valence-corrected chi connectivity index (χ2v) is 4.51. The molecule has 4 heteroatoms. The highest BCUT2D eigenvalue weighted by molar-refractivity contribution is 5.93. The zero-order valence-corrected chi connectivity index (χ0v) is 12.4. The Morgan fingerprint density at radius 1 is 1.35 bits per heavy atom. The monoisotopic (exact) mass is 277 g/mol. The summed E-state index contributed by atoms with van der Waals surface area (Å²) in [5.41, 5.74) is 0.829. The molecule has 0 spiro atoms. The minimum Gasteiger partial charge on any atom is -0.504 e. The Bertz CT molecular complexity index is 465. The first-order valence-electron chi connectivity index (χ1n) is 6.91. The van der Waals surface area contributed by atoms with Crippen molar-refractivity contribution in [2.75, 3.05) is 26.7 Å². The van der Waals surface area contributed by atoms with Crippen LogP contribution >= 0.6 is 0 Å². The fourth-order valence-electron chi connectivity index (χ4n) is 1.88. The van der Waals surface area contributed by atoms with Crippen LogP contribution in [-0.4, -0.2) is 42.5 Å². The zero-order chi connectivity index (χ0) is 15.0. The largest absolute Gasteiger partial charge is 0.504 e. The topological polar surface area (TPSA) is 49.8 Å². The van der Waals surface area contributed by atoms with Gasteiger partial charge in [0.15, 0.2) is 17.3 Å². The Balaban J connectivity index is 2.57. The zero-order valence-electron chi connectivity index (χ0n) is 12.4. The number of carbonyl (C=O) groups is 1. The Kier molecular flexibility index (Phi) is 6.81. The van der Waals surface area contributed by atoms with E-state index in [0.29, 0.717) is 12.2 Å². The van der Waals surface area contributed by atoms with E-state index in [2.05, 4.69) is 18.7 Å². The van der Waals surface area contributed by atoms with E-state index in [1.54, 1.807) is 30.4 Å². The molecule has 0 saturated carbocycles. The molecule has 0 fully saturated rings. The van der Waals surface area contributed by atoms with Crippen molar-refractivity contribution in [2.24, 2.45) is 0 Å². The lowest BCUT2D eigenvalue weighted by molar-refractivity contribution is -0.114. The molecule has 0 radical (unpaired) electrons. The summed E-state index contributed by atoms with van der Waals surface area (Å²) in [5, 5.41) is 9.49. The molecule has 20 heavy (non-hydrogen) atoms. The van der Waals surface area contributed by atoms with Crippen molar-refractivity contribution in [3.63, 3.8) is 0 Å². The van der Waals surface area contributed by atoms with Crippen LogP contribution in [0.3, 0.4) is 0 Å². The van der Waals surface area contributed by atoms with Crippen molar-refractivity contribution in [3.05, 3.63) is 29.8 Å². The number of benzene rings is 1. The molecule has 0 amide bonds. The van der Waals surface area contributed by atoms with Gasteiger partial charge >= 0.3 is 0 Å². The van der Waals surface area contributed by atoms with Crippen molar-refractivity contribution in [2.45, 2.75) is 20.3 Å². The number of carbonyl (C=O) groups excluding carboxylic acids is 1. The molecule has 1 rings (SSSR count). The summed E-state index contributed by atoms with van der Waals surface area (Å²) in [6, 6.07) is 4.99. The number of hydrogen-bond acceptors (Lipinski definition) is 4. The van der Waals surface area contributed by atoms with Gasteiger partial charge in [-0.2, -0.15) is 0 Å². The van der Waals surface area contributed by atoms with Crippen molar-refractivity contribution in [1.82, 2.24) is 4.90 Å². The van der Waals surface area contributed by atoms with Gasteiger partial charge in [0.2, 0.25) is 0 Å². The van der Waals surface area contributed by atoms with E-state index in [9.17, 15) is 9.90 Å². The lowest BCUT2D eigenvalue weighted by Crippen LogP contribution is -2.25. The lowest BCUT2D eigenvalue weighted by Gasteiger charge is -2.16. The molecule has 110 valence electrons. The average Bonchev–Trinajstić information content (AvgIpc) is 2.47. The standard InChI is InChI=1S/C16H23NO3/c1-4-17(5-2)11-10-14(18)8-6-13-7-9-15(19)16(12-13)20-3/h6-9,12,19H,4-5,10-11H2,1-3H3/b8-6+. The Hall–Kier alpha value is -1.81. The normalized spacial score (nSPS) is 11.2. The third-order valence-corrected chi connectivity index (χ3v) is 3.23. The van der Waals surface area contributed by atoms with Gasteiger partial charge in [-0.1, -0.05) is 26.0 Å². The molecule has 1 aromatic carbocycles. The van der Waals surface area contributed by atoms with Crippen molar-refractivity contribution in [3.8, 4) is 11.5 Å². The predicted molar refractivity (Wildman–Crippen MR) is 81.1 cm³/mol. The molecule has 0 atom stereocenters. The summed E-state index contributed by atoms with van der Waals surface area (Å²) in [5.74, 6) is 0.601. The van der Waals surface area contributed by atoms with Crippen LogP contribution in [0.2, 0.25) is 0 Å². The molecule has 0 heterocycles. The van der Waals surface area contributed by atoms with Crippen LogP contribution in [0.4, 0.5) is 0 Å². The molecular weight excluding hydrogens is 254 g/mol. The molecule has 0 saturated heterocycles. The van der Waals surface area contributed by atoms with Crippen LogP contribution in [0.5, 0.6) is 11.5 Å². The minimum absolute atomic E-state index is 0.0949. The van der Waals surface area contributed by atoms with Gasteiger partial charge in [0.05, 0.1) is 7.11 Å². The van der Waals surface area contributed by atoms with Crippen LogP contribution in [0.15, 0.2) is 24.3 Å². The van der Waals surface area contributed by atoms with Crippen LogP contribution in [0.1, 0.15) is 25.8 Å². The summed E-state index contributed by atoms with van der Waals surface area (Å²) in [6.45, 7) is 6.89. The first kappa shape index (κ1) is 16.2. The maximum atomic E-state index is 11.8. The molecule has 0 aromatic heterocycles. The Morgan fingerprint density at radius 3 is 2.65 bits per heavy atom. The van der Waals surface area contributed by atoms with E-state index in [-0.39, 0.29) is 11.5 Å². The van der Waals surface area contributed by atoms with Gasteiger partial charge in [0.25, 0.3) is 0 Å². The summed E-state index contributed by atoms with van der Waals surface area (Å²) in [4.78, 5) is 14.0. The molecular formula is C16H23NO3.